The average Bonchev–Trinajstić information content (AvgIpc) is 2.61. The van der Waals surface area contributed by atoms with Crippen LogP contribution in [0.1, 0.15) is 37.5 Å². The number of ether oxygens (including phenoxy) is 2. The number of methoxy groups -OCH3 is 1. The van der Waals surface area contributed by atoms with E-state index >= 15 is 0 Å². The maximum atomic E-state index is 12.2. The summed E-state index contributed by atoms with van der Waals surface area (Å²) < 4.78 is 11.0. The Kier molecular flexibility index (Phi) is 6.08. The maximum Gasteiger partial charge on any atom is 0.407 e. The monoisotopic (exact) mass is 400 g/mol. The predicted octanol–water partition coefficient (Wildman–Crippen LogP) is 4.40. The quantitative estimate of drug-likeness (QED) is 0.666. The Hall–Kier alpha value is -2.34. The molecule has 0 radical (unpaired) electrons. The third kappa shape index (κ3) is 5.13. The van der Waals surface area contributed by atoms with Crippen molar-refractivity contribution in [1.29, 1.82) is 0 Å². The fourth-order valence-corrected chi connectivity index (χ4v) is 3.64. The number of hydrogen-bond acceptors (Lipinski definition) is 5. The molecule has 3 rings (SSSR count). The summed E-state index contributed by atoms with van der Waals surface area (Å²) in [6.07, 6.45) is 1.02. The first-order valence-electron chi connectivity index (χ1n) is 9.43. The molecule has 150 valence electrons. The number of nitrogens with one attached hydrogen (secondary N) is 2. The highest BCUT2D eigenvalue weighted by Crippen LogP contribution is 2.34. The van der Waals surface area contributed by atoms with Crippen LogP contribution >= 0.6 is 12.6 Å². The minimum atomic E-state index is -0.535. The first-order chi connectivity index (χ1) is 13.2. The molecule has 2 N–H and O–H groups in total. The van der Waals surface area contributed by atoms with Gasteiger partial charge in [-0.15, -0.1) is 0 Å². The Morgan fingerprint density at radius 3 is 2.61 bits per heavy atom. The predicted molar refractivity (Wildman–Crippen MR) is 116 cm³/mol. The molecule has 6 heteroatoms. The topological polar surface area (TPSA) is 59.6 Å². The fourth-order valence-electron chi connectivity index (χ4n) is 3.32. The highest BCUT2D eigenvalue weighted by molar-refractivity contribution is 7.81. The van der Waals surface area contributed by atoms with Gasteiger partial charge in [0.1, 0.15) is 11.4 Å². The minimum Gasteiger partial charge on any atom is -0.496 e. The molecule has 2 atom stereocenters. The summed E-state index contributed by atoms with van der Waals surface area (Å²) in [5, 5.41) is 6.07. The van der Waals surface area contributed by atoms with Crippen LogP contribution < -0.4 is 15.4 Å². The van der Waals surface area contributed by atoms with Crippen LogP contribution in [-0.4, -0.2) is 30.2 Å². The van der Waals surface area contributed by atoms with Gasteiger partial charge in [0.05, 0.1) is 18.5 Å². The van der Waals surface area contributed by atoms with Gasteiger partial charge in [-0.25, -0.2) is 4.79 Å². The van der Waals surface area contributed by atoms with Gasteiger partial charge in [-0.1, -0.05) is 30.3 Å². The Labute approximate surface area is 172 Å². The molecule has 0 saturated heterocycles. The summed E-state index contributed by atoms with van der Waals surface area (Å²) in [7, 11) is 1.68. The molecule has 1 amide bonds. The molecule has 0 fully saturated rings. The number of alkyl carbamates (subject to hydrolysis) is 1. The molecule has 0 aliphatic carbocycles. The van der Waals surface area contributed by atoms with Gasteiger partial charge in [0.15, 0.2) is 0 Å². The molecule has 1 aliphatic rings. The highest BCUT2D eigenvalue weighted by atomic mass is 32.1. The molecule has 2 aromatic carbocycles. The Morgan fingerprint density at radius 1 is 1.25 bits per heavy atom. The summed E-state index contributed by atoms with van der Waals surface area (Å²) >= 11 is 4.61. The summed E-state index contributed by atoms with van der Waals surface area (Å²) in [5.74, 6) is 0.842. The summed E-state index contributed by atoms with van der Waals surface area (Å²) in [6, 6.07) is 14.3. The molecule has 1 aliphatic heterocycles. The average molecular weight is 401 g/mol. The number of anilines is 1. The van der Waals surface area contributed by atoms with Gasteiger partial charge in [0.25, 0.3) is 0 Å². The van der Waals surface area contributed by atoms with Crippen LogP contribution in [0.2, 0.25) is 0 Å². The van der Waals surface area contributed by atoms with E-state index in [9.17, 15) is 4.79 Å². The van der Waals surface area contributed by atoms with Crippen molar-refractivity contribution in [2.45, 2.75) is 50.6 Å². The van der Waals surface area contributed by atoms with Gasteiger partial charge in [-0.3, -0.25) is 0 Å². The standard InChI is InChI=1S/C22H28N2O3S/c1-22(2,3)27-21(25)24-18-12-15-11-16(10-14-8-6-5-7-9-14)19(26-4)13-17(15)23-20(18)28/h5-9,11,13,18,20,23,28H,10,12H2,1-4H3,(H,24,25)/t18-,20-/m0/s1. The van der Waals surface area contributed by atoms with E-state index in [0.717, 1.165) is 29.0 Å². The van der Waals surface area contributed by atoms with Crippen LogP contribution in [0.3, 0.4) is 0 Å². The second kappa shape index (κ2) is 8.35. The molecule has 0 unspecified atom stereocenters. The van der Waals surface area contributed by atoms with Crippen LogP contribution in [0.4, 0.5) is 10.5 Å². The SMILES string of the molecule is COc1cc2c(cc1Cc1ccccc1)C[C@H](NC(=O)OC(C)(C)C)[C@H](S)N2. The van der Waals surface area contributed by atoms with Crippen molar-refractivity contribution < 1.29 is 14.3 Å². The molecule has 2 aromatic rings. The van der Waals surface area contributed by atoms with E-state index in [-0.39, 0.29) is 11.4 Å². The lowest BCUT2D eigenvalue weighted by Gasteiger charge is -2.33. The number of fused-ring (bicyclic) bond motifs is 1. The molecular formula is C22H28N2O3S. The number of benzene rings is 2. The van der Waals surface area contributed by atoms with E-state index in [1.165, 1.54) is 5.56 Å². The fraction of sp³-hybridized carbons (Fsp3) is 0.409. The van der Waals surface area contributed by atoms with Crippen molar-refractivity contribution in [3.8, 4) is 5.75 Å². The van der Waals surface area contributed by atoms with Gasteiger partial charge < -0.3 is 20.1 Å². The van der Waals surface area contributed by atoms with Crippen LogP contribution in [0, 0.1) is 0 Å². The maximum absolute atomic E-state index is 12.2. The number of thiol groups is 1. The molecule has 0 spiro atoms. The number of carbonyl (C=O) groups is 1. The largest absolute Gasteiger partial charge is 0.496 e. The normalized spacial score (nSPS) is 18.6. The summed E-state index contributed by atoms with van der Waals surface area (Å²) in [6.45, 7) is 5.55. The van der Waals surface area contributed by atoms with E-state index in [1.807, 2.05) is 45.0 Å². The number of amides is 1. The van der Waals surface area contributed by atoms with E-state index in [4.69, 9.17) is 9.47 Å². The molecule has 28 heavy (non-hydrogen) atoms. The summed E-state index contributed by atoms with van der Waals surface area (Å²) in [4.78, 5) is 12.2. The molecule has 5 nitrogen and oxygen atoms in total. The van der Waals surface area contributed by atoms with Crippen molar-refractivity contribution >= 4 is 24.4 Å². The van der Waals surface area contributed by atoms with Crippen molar-refractivity contribution in [3.05, 3.63) is 59.2 Å². The van der Waals surface area contributed by atoms with Crippen LogP contribution in [0.25, 0.3) is 0 Å². The number of carbonyl (C=O) groups excluding carboxylic acids is 1. The smallest absolute Gasteiger partial charge is 0.407 e. The van der Waals surface area contributed by atoms with Gasteiger partial charge in [0.2, 0.25) is 0 Å². The third-order valence-corrected chi connectivity index (χ3v) is 5.06. The lowest BCUT2D eigenvalue weighted by atomic mass is 9.94. The third-order valence-electron chi connectivity index (χ3n) is 4.57. The van der Waals surface area contributed by atoms with E-state index in [0.29, 0.717) is 6.42 Å². The van der Waals surface area contributed by atoms with Crippen molar-refractivity contribution in [2.24, 2.45) is 0 Å². The lowest BCUT2D eigenvalue weighted by Crippen LogP contribution is -2.49. The summed E-state index contributed by atoms with van der Waals surface area (Å²) in [5.41, 5.74) is 3.91. The van der Waals surface area contributed by atoms with Gasteiger partial charge in [-0.05, 0) is 49.9 Å². The van der Waals surface area contributed by atoms with Crippen molar-refractivity contribution in [3.63, 3.8) is 0 Å². The second-order valence-electron chi connectivity index (χ2n) is 8.03. The van der Waals surface area contributed by atoms with E-state index in [1.54, 1.807) is 7.11 Å². The Balaban J connectivity index is 1.80. The Bertz CT molecular complexity index is 834. The number of hydrogen-bond donors (Lipinski definition) is 3. The Morgan fingerprint density at radius 2 is 1.96 bits per heavy atom. The zero-order valence-corrected chi connectivity index (χ0v) is 17.7. The first kappa shape index (κ1) is 20.4. The van der Waals surface area contributed by atoms with Crippen LogP contribution in [-0.2, 0) is 17.6 Å². The van der Waals surface area contributed by atoms with Gasteiger partial charge in [-0.2, -0.15) is 12.6 Å². The highest BCUT2D eigenvalue weighted by Gasteiger charge is 2.29. The van der Waals surface area contributed by atoms with Crippen LogP contribution in [0.15, 0.2) is 42.5 Å². The zero-order valence-electron chi connectivity index (χ0n) is 16.8. The molecule has 0 bridgehead atoms. The van der Waals surface area contributed by atoms with Gasteiger partial charge in [0, 0.05) is 18.2 Å². The van der Waals surface area contributed by atoms with Crippen molar-refractivity contribution in [2.75, 3.05) is 12.4 Å². The second-order valence-corrected chi connectivity index (χ2v) is 8.59. The molecule has 0 saturated carbocycles. The minimum absolute atomic E-state index is 0.177. The van der Waals surface area contributed by atoms with E-state index < -0.39 is 11.7 Å². The molecular weight excluding hydrogens is 372 g/mol. The molecule has 0 aromatic heterocycles. The number of rotatable bonds is 4. The lowest BCUT2D eigenvalue weighted by molar-refractivity contribution is 0.0504. The van der Waals surface area contributed by atoms with Crippen LogP contribution in [0.5, 0.6) is 5.75 Å². The van der Waals surface area contributed by atoms with Gasteiger partial charge >= 0.3 is 6.09 Å². The van der Waals surface area contributed by atoms with Crippen molar-refractivity contribution in [1.82, 2.24) is 5.32 Å². The first-order valence-corrected chi connectivity index (χ1v) is 9.94. The molecule has 1 heterocycles. The zero-order chi connectivity index (χ0) is 20.3. The van der Waals surface area contributed by atoms with E-state index in [2.05, 4.69) is 41.5 Å².